The van der Waals surface area contributed by atoms with Gasteiger partial charge in [-0.3, -0.25) is 0 Å². The summed E-state index contributed by atoms with van der Waals surface area (Å²) in [5.41, 5.74) is 0. The van der Waals surface area contributed by atoms with Crippen LogP contribution < -0.4 is 0 Å². The standard InChI is InChI=1S/C5H5OP/c6-7-5-3-1-2-4-5/h1-4,6H. The van der Waals surface area contributed by atoms with E-state index in [-0.39, 0.29) is 0 Å². The van der Waals surface area contributed by atoms with Gasteiger partial charge in [-0.15, -0.1) is 0 Å². The second-order valence-corrected chi connectivity index (χ2v) is 1.96. The predicted molar refractivity (Wildman–Crippen MR) is 32.4 cm³/mol. The van der Waals surface area contributed by atoms with Gasteiger partial charge in [-0.2, -0.15) is 0 Å². The highest BCUT2D eigenvalue weighted by Gasteiger charge is 1.86. The Morgan fingerprint density at radius 3 is 2.14 bits per heavy atom. The minimum absolute atomic E-state index is 0.365. The molecule has 7 heavy (non-hydrogen) atoms. The van der Waals surface area contributed by atoms with Gasteiger partial charge in [0.15, 0.2) is 0 Å². The van der Waals surface area contributed by atoms with Gasteiger partial charge in [0.2, 0.25) is 0 Å². The number of hydrogen-bond acceptors (Lipinski definition) is 1. The fourth-order valence-corrected chi connectivity index (χ4v) is 0.736. The third kappa shape index (κ3) is 0.986. The Kier molecular flexibility index (Phi) is 1.40. The van der Waals surface area contributed by atoms with Crippen molar-refractivity contribution in [1.29, 1.82) is 0 Å². The van der Waals surface area contributed by atoms with E-state index in [0.29, 0.717) is 8.43 Å². The van der Waals surface area contributed by atoms with E-state index < -0.39 is 0 Å². The molecule has 0 unspecified atom stereocenters. The highest BCUT2D eigenvalue weighted by molar-refractivity contribution is 7.35. The van der Waals surface area contributed by atoms with Crippen LogP contribution in [0.3, 0.4) is 0 Å². The maximum absolute atomic E-state index is 8.40. The Bertz CT molecular complexity index is 130. The van der Waals surface area contributed by atoms with E-state index in [1.165, 1.54) is 0 Å². The molecule has 0 spiro atoms. The second kappa shape index (κ2) is 2.06. The summed E-state index contributed by atoms with van der Waals surface area (Å²) in [6, 6.07) is 0. The molecule has 0 saturated heterocycles. The summed E-state index contributed by atoms with van der Waals surface area (Å²) >= 11 is 0. The first-order chi connectivity index (χ1) is 3.43. The second-order valence-electron chi connectivity index (χ2n) is 1.24. The molecule has 0 fully saturated rings. The fourth-order valence-electron chi connectivity index (χ4n) is 0.431. The zero-order valence-electron chi connectivity index (χ0n) is 3.70. The van der Waals surface area contributed by atoms with Gasteiger partial charge in [0.1, 0.15) is 0 Å². The number of rotatable bonds is 0. The maximum Gasteiger partial charge on any atom is 0.0602 e. The summed E-state index contributed by atoms with van der Waals surface area (Å²) in [4.78, 5) is 8.40. The van der Waals surface area contributed by atoms with Gasteiger partial charge in [0.25, 0.3) is 0 Å². The molecule has 1 aliphatic carbocycles. The summed E-state index contributed by atoms with van der Waals surface area (Å²) in [6.45, 7) is 0. The van der Waals surface area contributed by atoms with E-state index in [1.54, 1.807) is 0 Å². The van der Waals surface area contributed by atoms with Crippen LogP contribution >= 0.6 is 8.43 Å². The van der Waals surface area contributed by atoms with Crippen LogP contribution in [0.2, 0.25) is 0 Å². The van der Waals surface area contributed by atoms with E-state index >= 15 is 0 Å². The molecule has 0 amide bonds. The van der Waals surface area contributed by atoms with Crippen molar-refractivity contribution >= 4 is 13.7 Å². The lowest BCUT2D eigenvalue weighted by atomic mass is 10.5. The lowest BCUT2D eigenvalue weighted by Crippen LogP contribution is -1.72. The van der Waals surface area contributed by atoms with Gasteiger partial charge in [-0.1, -0.05) is 12.2 Å². The molecule has 36 valence electrons. The average molecular weight is 112 g/mol. The van der Waals surface area contributed by atoms with Crippen LogP contribution in [-0.4, -0.2) is 10.2 Å². The molecule has 0 atom stereocenters. The quantitative estimate of drug-likeness (QED) is 0.466. The van der Waals surface area contributed by atoms with Crippen LogP contribution in [0.1, 0.15) is 0 Å². The third-order valence-electron chi connectivity index (χ3n) is 0.761. The van der Waals surface area contributed by atoms with Crippen LogP contribution in [0.4, 0.5) is 0 Å². The highest BCUT2D eigenvalue weighted by Crippen LogP contribution is 2.01. The smallest absolute Gasteiger partial charge is 0.0602 e. The zero-order valence-corrected chi connectivity index (χ0v) is 4.60. The van der Waals surface area contributed by atoms with Crippen molar-refractivity contribution in [2.45, 2.75) is 0 Å². The van der Waals surface area contributed by atoms with Gasteiger partial charge in [0, 0.05) is 5.29 Å². The van der Waals surface area contributed by atoms with Crippen molar-refractivity contribution in [1.82, 2.24) is 0 Å². The topological polar surface area (TPSA) is 20.2 Å². The minimum atomic E-state index is 0.365. The minimum Gasteiger partial charge on any atom is -0.341 e. The van der Waals surface area contributed by atoms with Gasteiger partial charge < -0.3 is 4.89 Å². The molecular weight excluding hydrogens is 107 g/mol. The molecule has 0 aromatic rings. The maximum atomic E-state index is 8.40. The Morgan fingerprint density at radius 2 is 1.86 bits per heavy atom. The molecule has 0 aliphatic heterocycles. The average Bonchev–Trinajstić information content (AvgIpc) is 2.14. The lowest BCUT2D eigenvalue weighted by Gasteiger charge is -1.75. The Hall–Kier alpha value is -0.390. The molecule has 2 heteroatoms. The summed E-state index contributed by atoms with van der Waals surface area (Å²) in [7, 11) is 0.365. The van der Waals surface area contributed by atoms with Crippen molar-refractivity contribution in [2.24, 2.45) is 0 Å². The van der Waals surface area contributed by atoms with E-state index in [1.807, 2.05) is 24.3 Å². The summed E-state index contributed by atoms with van der Waals surface area (Å²) in [6.07, 6.45) is 7.56. The monoisotopic (exact) mass is 112 g/mol. The lowest BCUT2D eigenvalue weighted by molar-refractivity contribution is 0.660. The van der Waals surface area contributed by atoms with Gasteiger partial charge in [-0.05, 0) is 12.2 Å². The Balaban J connectivity index is 2.79. The Labute approximate surface area is 43.9 Å². The Morgan fingerprint density at radius 1 is 1.29 bits per heavy atom. The molecule has 1 rings (SSSR count). The summed E-state index contributed by atoms with van der Waals surface area (Å²) in [5, 5.41) is 0.958. The van der Waals surface area contributed by atoms with Crippen LogP contribution in [0, 0.1) is 0 Å². The van der Waals surface area contributed by atoms with E-state index in [4.69, 9.17) is 4.89 Å². The van der Waals surface area contributed by atoms with Crippen molar-refractivity contribution < 1.29 is 4.89 Å². The molecule has 0 heterocycles. The van der Waals surface area contributed by atoms with Crippen LogP contribution in [0.15, 0.2) is 24.3 Å². The van der Waals surface area contributed by atoms with Crippen molar-refractivity contribution in [3.05, 3.63) is 24.3 Å². The first kappa shape index (κ1) is 4.76. The largest absolute Gasteiger partial charge is 0.341 e. The fraction of sp³-hybridized carbons (Fsp3) is 0. The first-order valence-electron chi connectivity index (χ1n) is 2.00. The van der Waals surface area contributed by atoms with Crippen molar-refractivity contribution in [3.63, 3.8) is 0 Å². The normalized spacial score (nSPS) is 17.0. The number of hydrogen-bond donors (Lipinski definition) is 1. The molecular formula is C5H5OP. The third-order valence-corrected chi connectivity index (χ3v) is 1.29. The van der Waals surface area contributed by atoms with E-state index in [0.717, 1.165) is 5.29 Å². The molecule has 0 radical (unpaired) electrons. The SMILES string of the molecule is OP=C1C=CC=C1. The van der Waals surface area contributed by atoms with Crippen LogP contribution in [0.25, 0.3) is 0 Å². The number of allylic oxidation sites excluding steroid dienone is 4. The van der Waals surface area contributed by atoms with Crippen molar-refractivity contribution in [3.8, 4) is 0 Å². The van der Waals surface area contributed by atoms with E-state index in [9.17, 15) is 0 Å². The highest BCUT2D eigenvalue weighted by atomic mass is 31.1. The van der Waals surface area contributed by atoms with Crippen molar-refractivity contribution in [2.75, 3.05) is 0 Å². The molecule has 0 bridgehead atoms. The summed E-state index contributed by atoms with van der Waals surface area (Å²) in [5.74, 6) is 0. The van der Waals surface area contributed by atoms with E-state index in [2.05, 4.69) is 0 Å². The van der Waals surface area contributed by atoms with Crippen LogP contribution in [-0.2, 0) is 0 Å². The zero-order chi connectivity index (χ0) is 5.11. The first-order valence-corrected chi connectivity index (χ1v) is 2.85. The van der Waals surface area contributed by atoms with Gasteiger partial charge >= 0.3 is 0 Å². The summed E-state index contributed by atoms with van der Waals surface area (Å²) < 4.78 is 0. The van der Waals surface area contributed by atoms with Gasteiger partial charge in [-0.25, -0.2) is 0 Å². The molecule has 0 aromatic heterocycles. The molecule has 1 N–H and O–H groups in total. The van der Waals surface area contributed by atoms with Crippen LogP contribution in [0.5, 0.6) is 0 Å². The van der Waals surface area contributed by atoms with Gasteiger partial charge in [0.05, 0.1) is 8.43 Å². The molecule has 0 aromatic carbocycles. The predicted octanol–water partition coefficient (Wildman–Crippen LogP) is 1.14. The molecule has 0 saturated carbocycles. The molecule has 1 aliphatic rings. The molecule has 1 nitrogen and oxygen atoms in total.